The van der Waals surface area contributed by atoms with E-state index in [-0.39, 0.29) is 24.3 Å². The van der Waals surface area contributed by atoms with Crippen LogP contribution in [-0.2, 0) is 9.59 Å². The molecule has 1 aliphatic heterocycles. The van der Waals surface area contributed by atoms with E-state index in [9.17, 15) is 9.59 Å². The van der Waals surface area contributed by atoms with Gasteiger partial charge in [0.1, 0.15) is 0 Å². The van der Waals surface area contributed by atoms with Crippen molar-refractivity contribution in [3.8, 4) is 0 Å². The largest absolute Gasteiger partial charge is 0.481 e. The molecule has 1 atom stereocenters. The average molecular weight is 282 g/mol. The first-order valence-electron chi connectivity index (χ1n) is 7.82. The third kappa shape index (κ3) is 4.20. The molecule has 0 aromatic rings. The fourth-order valence-corrected chi connectivity index (χ4v) is 3.45. The summed E-state index contributed by atoms with van der Waals surface area (Å²) in [6, 6.07) is 0.267. The Labute approximate surface area is 120 Å². The van der Waals surface area contributed by atoms with Crippen molar-refractivity contribution in [2.24, 2.45) is 17.6 Å². The maximum Gasteiger partial charge on any atom is 0.303 e. The molecule has 2 rings (SSSR count). The number of hydrogen-bond acceptors (Lipinski definition) is 3. The Morgan fingerprint density at radius 2 is 1.85 bits per heavy atom. The fourth-order valence-electron chi connectivity index (χ4n) is 3.45. The predicted octanol–water partition coefficient (Wildman–Crippen LogP) is 1.61. The van der Waals surface area contributed by atoms with Crippen LogP contribution in [0.1, 0.15) is 51.4 Å². The summed E-state index contributed by atoms with van der Waals surface area (Å²) in [5, 5.41) is 8.76. The lowest BCUT2D eigenvalue weighted by molar-refractivity contribution is -0.138. The van der Waals surface area contributed by atoms with Crippen LogP contribution in [0.5, 0.6) is 0 Å². The van der Waals surface area contributed by atoms with E-state index in [1.165, 1.54) is 0 Å². The van der Waals surface area contributed by atoms with Crippen LogP contribution in [0.4, 0.5) is 0 Å². The van der Waals surface area contributed by atoms with E-state index < -0.39 is 5.97 Å². The lowest BCUT2D eigenvalue weighted by Gasteiger charge is -2.36. The normalized spacial score (nSPS) is 31.1. The molecule has 0 aromatic carbocycles. The number of nitrogens with two attached hydrogens (primary N) is 1. The third-order valence-electron chi connectivity index (χ3n) is 4.72. The molecule has 0 radical (unpaired) electrons. The zero-order valence-corrected chi connectivity index (χ0v) is 12.1. The van der Waals surface area contributed by atoms with Gasteiger partial charge >= 0.3 is 5.97 Å². The Morgan fingerprint density at radius 3 is 2.50 bits per heavy atom. The molecule has 1 heterocycles. The molecule has 20 heavy (non-hydrogen) atoms. The second-order valence-electron chi connectivity index (χ2n) is 6.34. The van der Waals surface area contributed by atoms with Crippen molar-refractivity contribution in [3.05, 3.63) is 0 Å². The van der Waals surface area contributed by atoms with E-state index in [4.69, 9.17) is 10.8 Å². The Hall–Kier alpha value is -1.10. The Balaban J connectivity index is 1.81. The first kappa shape index (κ1) is 15.3. The van der Waals surface area contributed by atoms with E-state index in [1.54, 1.807) is 0 Å². The lowest BCUT2D eigenvalue weighted by Crippen LogP contribution is -2.44. The van der Waals surface area contributed by atoms with E-state index in [0.717, 1.165) is 51.6 Å². The lowest BCUT2D eigenvalue weighted by atomic mass is 9.84. The molecular formula is C15H26N2O3. The van der Waals surface area contributed by atoms with Crippen LogP contribution in [0.3, 0.4) is 0 Å². The molecule has 0 bridgehead atoms. The zero-order chi connectivity index (χ0) is 14.5. The van der Waals surface area contributed by atoms with Crippen LogP contribution >= 0.6 is 0 Å². The minimum Gasteiger partial charge on any atom is -0.481 e. The second-order valence-corrected chi connectivity index (χ2v) is 6.34. The summed E-state index contributed by atoms with van der Waals surface area (Å²) in [5.41, 5.74) is 5.88. The number of hydrogen-bond donors (Lipinski definition) is 2. The first-order chi connectivity index (χ1) is 9.56. The molecule has 1 saturated carbocycles. The number of amides is 1. The van der Waals surface area contributed by atoms with Crippen LogP contribution in [0, 0.1) is 11.8 Å². The van der Waals surface area contributed by atoms with Gasteiger partial charge in [0.05, 0.1) is 0 Å². The molecule has 3 N–H and O–H groups in total. The molecular weight excluding hydrogens is 256 g/mol. The van der Waals surface area contributed by atoms with Crippen LogP contribution in [-0.4, -0.2) is 41.0 Å². The van der Waals surface area contributed by atoms with Gasteiger partial charge in [-0.05, 0) is 50.9 Å². The number of likely N-dealkylation sites (tertiary alicyclic amines) is 1. The number of aliphatic carboxylic acids is 1. The summed E-state index contributed by atoms with van der Waals surface area (Å²) in [6.07, 6.45) is 6.68. The first-order valence-corrected chi connectivity index (χ1v) is 7.82. The Kier molecular flexibility index (Phi) is 5.40. The van der Waals surface area contributed by atoms with Gasteiger partial charge in [0.2, 0.25) is 5.91 Å². The minimum atomic E-state index is -0.741. The molecule has 1 aliphatic carbocycles. The van der Waals surface area contributed by atoms with Crippen molar-refractivity contribution in [2.45, 2.75) is 57.4 Å². The van der Waals surface area contributed by atoms with Crippen molar-refractivity contribution >= 4 is 11.9 Å². The number of rotatable bonds is 4. The molecule has 1 unspecified atom stereocenters. The second kappa shape index (κ2) is 7.07. The number of nitrogens with zero attached hydrogens (tertiary/aromatic N) is 1. The van der Waals surface area contributed by atoms with Crippen molar-refractivity contribution in [1.82, 2.24) is 4.90 Å². The summed E-state index contributed by atoms with van der Waals surface area (Å²) >= 11 is 0. The van der Waals surface area contributed by atoms with E-state index in [0.29, 0.717) is 12.3 Å². The summed E-state index contributed by atoms with van der Waals surface area (Å²) in [4.78, 5) is 25.1. The SMILES string of the molecule is NC1CCC(C(=O)N2CCCC(CCC(=O)O)C2)CC1. The number of carboxylic acid groups (broad SMARTS) is 1. The van der Waals surface area contributed by atoms with Crippen molar-refractivity contribution in [1.29, 1.82) is 0 Å². The van der Waals surface area contributed by atoms with Crippen LogP contribution in [0.15, 0.2) is 0 Å². The Morgan fingerprint density at radius 1 is 1.15 bits per heavy atom. The van der Waals surface area contributed by atoms with Gasteiger partial charge in [0.15, 0.2) is 0 Å². The van der Waals surface area contributed by atoms with Gasteiger partial charge in [-0.1, -0.05) is 0 Å². The molecule has 2 fully saturated rings. The molecule has 114 valence electrons. The monoisotopic (exact) mass is 282 g/mol. The smallest absolute Gasteiger partial charge is 0.303 e. The van der Waals surface area contributed by atoms with Gasteiger partial charge in [-0.25, -0.2) is 0 Å². The number of carbonyl (C=O) groups is 2. The molecule has 2 aliphatic rings. The maximum atomic E-state index is 12.5. The van der Waals surface area contributed by atoms with Gasteiger partial charge in [0, 0.05) is 31.5 Å². The summed E-state index contributed by atoms with van der Waals surface area (Å²) < 4.78 is 0. The molecule has 5 heteroatoms. The average Bonchev–Trinajstić information content (AvgIpc) is 2.45. The predicted molar refractivity (Wildman–Crippen MR) is 76.1 cm³/mol. The van der Waals surface area contributed by atoms with Gasteiger partial charge < -0.3 is 15.7 Å². The molecule has 5 nitrogen and oxygen atoms in total. The quantitative estimate of drug-likeness (QED) is 0.820. The Bertz CT molecular complexity index is 351. The summed E-state index contributed by atoms with van der Waals surface area (Å²) in [5.74, 6) is 0.0364. The third-order valence-corrected chi connectivity index (χ3v) is 4.72. The summed E-state index contributed by atoms with van der Waals surface area (Å²) in [7, 11) is 0. The molecule has 1 saturated heterocycles. The number of carbonyl (C=O) groups excluding carboxylic acids is 1. The molecule has 0 aromatic heterocycles. The zero-order valence-electron chi connectivity index (χ0n) is 12.1. The number of piperidine rings is 1. The highest BCUT2D eigenvalue weighted by Crippen LogP contribution is 2.28. The van der Waals surface area contributed by atoms with Gasteiger partial charge in [-0.3, -0.25) is 9.59 Å². The molecule has 0 spiro atoms. The van der Waals surface area contributed by atoms with Crippen molar-refractivity contribution < 1.29 is 14.7 Å². The standard InChI is InChI=1S/C15H26N2O3/c16-13-6-4-12(5-7-13)15(20)17-9-1-2-11(10-17)3-8-14(18)19/h11-13H,1-10,16H2,(H,18,19). The summed E-state index contributed by atoms with van der Waals surface area (Å²) in [6.45, 7) is 1.58. The van der Waals surface area contributed by atoms with Gasteiger partial charge in [0.25, 0.3) is 0 Å². The van der Waals surface area contributed by atoms with Crippen LogP contribution in [0.25, 0.3) is 0 Å². The number of carboxylic acids is 1. The van der Waals surface area contributed by atoms with Crippen LogP contribution in [0.2, 0.25) is 0 Å². The van der Waals surface area contributed by atoms with Crippen LogP contribution < -0.4 is 5.73 Å². The highest BCUT2D eigenvalue weighted by molar-refractivity contribution is 5.79. The minimum absolute atomic E-state index is 0.146. The topological polar surface area (TPSA) is 83.6 Å². The van der Waals surface area contributed by atoms with Crippen molar-refractivity contribution in [3.63, 3.8) is 0 Å². The van der Waals surface area contributed by atoms with E-state index in [2.05, 4.69) is 0 Å². The highest BCUT2D eigenvalue weighted by Gasteiger charge is 2.31. The molecule has 1 amide bonds. The highest BCUT2D eigenvalue weighted by atomic mass is 16.4. The van der Waals surface area contributed by atoms with Crippen molar-refractivity contribution in [2.75, 3.05) is 13.1 Å². The maximum absolute atomic E-state index is 12.5. The van der Waals surface area contributed by atoms with E-state index >= 15 is 0 Å². The van der Waals surface area contributed by atoms with Gasteiger partial charge in [-0.15, -0.1) is 0 Å². The van der Waals surface area contributed by atoms with E-state index in [1.807, 2.05) is 4.90 Å². The fraction of sp³-hybridized carbons (Fsp3) is 0.867. The van der Waals surface area contributed by atoms with Gasteiger partial charge in [-0.2, -0.15) is 0 Å².